The van der Waals surface area contributed by atoms with Gasteiger partial charge in [0.05, 0.1) is 28.0 Å². The maximum Gasteiger partial charge on any atom is 0.435 e. The van der Waals surface area contributed by atoms with Crippen molar-refractivity contribution in [3.8, 4) is 11.3 Å². The summed E-state index contributed by atoms with van der Waals surface area (Å²) in [7, 11) is 1.31. The SMILES string of the molecule is Cn1c(-c2cn(C3CC3(F)F)nc2C(F)(F)F)cnc1C(=O)Nc1ccc(C(=O)NC2C3CN(C(=O)N[C@@H]4CCNC4)CC32)c(Cl)c1. The first-order chi connectivity index (χ1) is 22.2. The lowest BCUT2D eigenvalue weighted by atomic mass is 10.2. The van der Waals surface area contributed by atoms with Gasteiger partial charge in [0, 0.05) is 68.9 Å². The minimum absolute atomic E-state index is 0.0527. The number of benzene rings is 1. The molecule has 0 bridgehead atoms. The number of nitrogens with one attached hydrogen (secondary N) is 4. The summed E-state index contributed by atoms with van der Waals surface area (Å²) in [6.07, 6.45) is -2.75. The third-order valence-electron chi connectivity index (χ3n) is 9.22. The number of imidazole rings is 1. The van der Waals surface area contributed by atoms with Crippen molar-refractivity contribution in [1.82, 2.24) is 40.2 Å². The topological polar surface area (TPSA) is 138 Å². The summed E-state index contributed by atoms with van der Waals surface area (Å²) >= 11 is 6.38. The number of urea groups is 1. The number of halogens is 6. The third kappa shape index (κ3) is 5.90. The maximum atomic E-state index is 13.7. The summed E-state index contributed by atoms with van der Waals surface area (Å²) in [6.45, 7) is 2.73. The van der Waals surface area contributed by atoms with Crippen LogP contribution < -0.4 is 21.3 Å². The number of carbonyl (C=O) groups excluding carboxylic acids is 3. The molecule has 12 nitrogen and oxygen atoms in total. The number of rotatable bonds is 7. The van der Waals surface area contributed by atoms with Gasteiger partial charge >= 0.3 is 12.2 Å². The second kappa shape index (κ2) is 11.2. The lowest BCUT2D eigenvalue weighted by Gasteiger charge is -2.23. The Morgan fingerprint density at radius 3 is 2.45 bits per heavy atom. The molecule has 3 aromatic rings. The number of amides is 4. The molecule has 250 valence electrons. The smallest absolute Gasteiger partial charge is 0.349 e. The van der Waals surface area contributed by atoms with Crippen LogP contribution in [0.2, 0.25) is 5.02 Å². The van der Waals surface area contributed by atoms with E-state index in [-0.39, 0.29) is 57.7 Å². The summed E-state index contributed by atoms with van der Waals surface area (Å²) in [5, 5.41) is 15.2. The average molecular weight is 682 g/mol. The first-order valence-electron chi connectivity index (χ1n) is 15.0. The van der Waals surface area contributed by atoms with Crippen molar-refractivity contribution < 1.29 is 36.3 Å². The van der Waals surface area contributed by atoms with Crippen molar-refractivity contribution >= 4 is 35.1 Å². The van der Waals surface area contributed by atoms with Gasteiger partial charge in [0.2, 0.25) is 0 Å². The Balaban J connectivity index is 0.974. The molecule has 4 aliphatic rings. The number of hydrogen-bond donors (Lipinski definition) is 4. The molecular formula is C29H29ClF5N9O3. The normalized spacial score (nSPS) is 25.8. The predicted molar refractivity (Wildman–Crippen MR) is 157 cm³/mol. The summed E-state index contributed by atoms with van der Waals surface area (Å²) in [4.78, 5) is 44.3. The highest BCUT2D eigenvalue weighted by Crippen LogP contribution is 2.53. The van der Waals surface area contributed by atoms with E-state index in [1.165, 1.54) is 25.2 Å². The van der Waals surface area contributed by atoms with Crippen LogP contribution >= 0.6 is 11.6 Å². The molecule has 0 radical (unpaired) electrons. The van der Waals surface area contributed by atoms with Gasteiger partial charge in [0.15, 0.2) is 11.5 Å². The molecule has 7 rings (SSSR count). The van der Waals surface area contributed by atoms with Crippen molar-refractivity contribution in [2.24, 2.45) is 18.9 Å². The van der Waals surface area contributed by atoms with Gasteiger partial charge in [0.25, 0.3) is 17.7 Å². The van der Waals surface area contributed by atoms with Crippen molar-refractivity contribution in [1.29, 1.82) is 0 Å². The lowest BCUT2D eigenvalue weighted by molar-refractivity contribution is -0.141. The number of anilines is 1. The Kier molecular flexibility index (Phi) is 7.46. The van der Waals surface area contributed by atoms with Gasteiger partial charge in [-0.25, -0.2) is 18.6 Å². The van der Waals surface area contributed by atoms with Crippen LogP contribution in [0, 0.1) is 11.8 Å². The zero-order valence-electron chi connectivity index (χ0n) is 24.7. The second-order valence-electron chi connectivity index (χ2n) is 12.4. The number of likely N-dealkylation sites (tertiary alicyclic amines) is 1. The van der Waals surface area contributed by atoms with E-state index in [4.69, 9.17) is 11.6 Å². The van der Waals surface area contributed by atoms with Crippen LogP contribution in [0.1, 0.15) is 45.6 Å². The Morgan fingerprint density at radius 2 is 1.83 bits per heavy atom. The molecule has 2 aromatic heterocycles. The van der Waals surface area contributed by atoms with Crippen molar-refractivity contribution in [2.75, 3.05) is 31.5 Å². The standard InChI is InChI=1S/C29H29ClF5N9O3/c1-42-20(18-12-44(21-7-28(21,31)32)41-23(18)29(33,34)35)9-37-24(42)26(46)38-13-2-3-15(19(30)6-13)25(45)40-22-16-10-43(11-17(16)22)27(47)39-14-4-5-36-8-14/h2-3,6,9,12,14,16-17,21-22,36H,4-5,7-8,10-11H2,1H3,(H,38,46)(H,39,47)(H,40,45)/t14-,16?,17?,21?,22?/m1/s1. The van der Waals surface area contributed by atoms with Crippen molar-refractivity contribution in [2.45, 2.75) is 43.1 Å². The maximum absolute atomic E-state index is 13.7. The van der Waals surface area contributed by atoms with E-state index in [2.05, 4.69) is 31.3 Å². The molecule has 2 saturated carbocycles. The largest absolute Gasteiger partial charge is 0.435 e. The molecule has 4 atom stereocenters. The van der Waals surface area contributed by atoms with E-state index in [1.807, 2.05) is 0 Å². The Morgan fingerprint density at radius 1 is 1.11 bits per heavy atom. The first kappa shape index (κ1) is 31.4. The zero-order chi connectivity index (χ0) is 33.4. The number of piperidine rings is 1. The molecule has 47 heavy (non-hydrogen) atoms. The monoisotopic (exact) mass is 681 g/mol. The van der Waals surface area contributed by atoms with Gasteiger partial charge in [-0.1, -0.05) is 11.6 Å². The number of nitrogens with zero attached hydrogens (tertiary/aromatic N) is 5. The molecule has 1 aromatic carbocycles. The minimum Gasteiger partial charge on any atom is -0.349 e. The molecule has 0 spiro atoms. The summed E-state index contributed by atoms with van der Waals surface area (Å²) in [6, 6.07) is 2.71. The molecule has 4 fully saturated rings. The summed E-state index contributed by atoms with van der Waals surface area (Å²) < 4.78 is 70.0. The fraction of sp³-hybridized carbons (Fsp3) is 0.483. The van der Waals surface area contributed by atoms with Gasteiger partial charge in [-0.3, -0.25) is 14.3 Å². The van der Waals surface area contributed by atoms with E-state index in [0.29, 0.717) is 17.8 Å². The van der Waals surface area contributed by atoms with Crippen LogP contribution in [-0.2, 0) is 13.2 Å². The molecule has 3 unspecified atom stereocenters. The highest BCUT2D eigenvalue weighted by molar-refractivity contribution is 6.34. The average Bonchev–Trinajstić information content (AvgIpc) is 3.48. The van der Waals surface area contributed by atoms with Crippen LogP contribution in [-0.4, -0.2) is 86.3 Å². The molecule has 2 saturated heterocycles. The number of hydrogen-bond acceptors (Lipinski definition) is 6. The van der Waals surface area contributed by atoms with E-state index >= 15 is 0 Å². The van der Waals surface area contributed by atoms with Crippen molar-refractivity contribution in [3.63, 3.8) is 0 Å². The van der Waals surface area contributed by atoms with Gasteiger partial charge < -0.3 is 30.7 Å². The number of carbonyl (C=O) groups is 3. The first-order valence-corrected chi connectivity index (χ1v) is 15.3. The fourth-order valence-electron chi connectivity index (χ4n) is 6.45. The molecule has 2 aliphatic heterocycles. The lowest BCUT2D eigenvalue weighted by Crippen LogP contribution is -2.46. The number of alkyl halides is 5. The summed E-state index contributed by atoms with van der Waals surface area (Å²) in [5.74, 6) is -4.29. The predicted octanol–water partition coefficient (Wildman–Crippen LogP) is 3.52. The van der Waals surface area contributed by atoms with E-state index in [9.17, 15) is 36.3 Å². The van der Waals surface area contributed by atoms with Gasteiger partial charge in [-0.15, -0.1) is 0 Å². The molecule has 4 N–H and O–H groups in total. The fourth-order valence-corrected chi connectivity index (χ4v) is 6.71. The minimum atomic E-state index is -4.94. The van der Waals surface area contributed by atoms with Crippen molar-refractivity contribution in [3.05, 3.63) is 52.7 Å². The third-order valence-corrected chi connectivity index (χ3v) is 9.53. The molecule has 18 heteroatoms. The van der Waals surface area contributed by atoms with E-state index in [1.54, 1.807) is 4.90 Å². The summed E-state index contributed by atoms with van der Waals surface area (Å²) in [5.41, 5.74) is -1.64. The number of aromatic nitrogens is 4. The molecule has 4 heterocycles. The Labute approximate surface area is 269 Å². The second-order valence-corrected chi connectivity index (χ2v) is 12.8. The molecule has 2 aliphatic carbocycles. The van der Waals surface area contributed by atoms with Gasteiger partial charge in [-0.05, 0) is 31.2 Å². The molecule has 4 amide bonds. The van der Waals surface area contributed by atoms with Crippen LogP contribution in [0.15, 0.2) is 30.6 Å². The molecular weight excluding hydrogens is 653 g/mol. The van der Waals surface area contributed by atoms with Gasteiger partial charge in [-0.2, -0.15) is 18.3 Å². The van der Waals surface area contributed by atoms with E-state index < -0.39 is 47.6 Å². The van der Waals surface area contributed by atoms with Crippen LogP contribution in [0.3, 0.4) is 0 Å². The zero-order valence-corrected chi connectivity index (χ0v) is 25.5. The highest BCUT2D eigenvalue weighted by atomic mass is 35.5. The van der Waals surface area contributed by atoms with Gasteiger partial charge in [0.1, 0.15) is 6.04 Å². The van der Waals surface area contributed by atoms with Crippen LogP contribution in [0.25, 0.3) is 11.3 Å². The van der Waals surface area contributed by atoms with E-state index in [0.717, 1.165) is 36.5 Å². The van der Waals surface area contributed by atoms with Crippen LogP contribution in [0.5, 0.6) is 0 Å². The van der Waals surface area contributed by atoms with Crippen LogP contribution in [0.4, 0.5) is 32.4 Å². The Bertz CT molecular complexity index is 1760. The quantitative estimate of drug-likeness (QED) is 0.282. The Hall–Kier alpha value is -4.25. The highest BCUT2D eigenvalue weighted by Gasteiger charge is 2.60. The number of fused-ring (bicyclic) bond motifs is 1.